The molecule has 5 rings (SSSR count). The largest absolute Gasteiger partial charge is 0.399 e. The molecule has 0 spiro atoms. The molecule has 0 radical (unpaired) electrons. The lowest BCUT2D eigenvalue weighted by atomic mass is 9.87. The maximum absolute atomic E-state index is 14.4. The molecule has 1 aromatic heterocycles. The highest BCUT2D eigenvalue weighted by Crippen LogP contribution is 2.59. The Hall–Kier alpha value is -3.42. The van der Waals surface area contributed by atoms with Crippen LogP contribution < -0.4 is 10.2 Å². The maximum atomic E-state index is 14.4. The molecule has 3 atom stereocenters. The Balaban J connectivity index is 1.41. The van der Waals surface area contributed by atoms with Crippen LogP contribution in [0.25, 0.3) is 10.1 Å². The van der Waals surface area contributed by atoms with Crippen LogP contribution in [0.5, 0.6) is 0 Å². The predicted molar refractivity (Wildman–Crippen MR) is 183 cm³/mol. The Labute approximate surface area is 291 Å². The van der Waals surface area contributed by atoms with Crippen molar-refractivity contribution in [1.82, 2.24) is 15.1 Å². The third kappa shape index (κ3) is 7.25. The number of hydrogen-bond donors (Lipinski definition) is 3. The Morgan fingerprint density at radius 1 is 1.06 bits per heavy atom. The fourth-order valence-electron chi connectivity index (χ4n) is 6.42. The fraction of sp³-hybridized carbons (Fsp3) is 0.455. The van der Waals surface area contributed by atoms with Crippen molar-refractivity contribution in [2.75, 3.05) is 25.0 Å². The maximum Gasteiger partial charge on any atom is 0.399 e. The number of thiophene rings is 1. The molecule has 2 aliphatic rings. The smallest absolute Gasteiger partial charge is 0.340 e. The Morgan fingerprint density at radius 2 is 1.76 bits per heavy atom. The quantitative estimate of drug-likeness (QED) is 0.285. The van der Waals surface area contributed by atoms with E-state index in [4.69, 9.17) is 21.4 Å². The van der Waals surface area contributed by atoms with Gasteiger partial charge in [0.15, 0.2) is 0 Å². The van der Waals surface area contributed by atoms with Gasteiger partial charge in [0, 0.05) is 54.1 Å². The van der Waals surface area contributed by atoms with Crippen LogP contribution in [0.1, 0.15) is 67.8 Å². The highest BCUT2D eigenvalue weighted by Gasteiger charge is 2.50. The second kappa shape index (κ2) is 13.4. The fourth-order valence-corrected chi connectivity index (χ4v) is 8.30. The van der Waals surface area contributed by atoms with E-state index in [1.54, 1.807) is 19.2 Å². The summed E-state index contributed by atoms with van der Waals surface area (Å²) in [5, 5.41) is 3.36. The van der Waals surface area contributed by atoms with Crippen molar-refractivity contribution in [2.24, 2.45) is 0 Å². The topological polar surface area (TPSA) is 148 Å². The van der Waals surface area contributed by atoms with Gasteiger partial charge in [-0.1, -0.05) is 44.5 Å². The summed E-state index contributed by atoms with van der Waals surface area (Å²) >= 11 is 7.53. The summed E-state index contributed by atoms with van der Waals surface area (Å²) in [6.07, 6.45) is 1.35. The van der Waals surface area contributed by atoms with E-state index in [1.165, 1.54) is 33.8 Å². The van der Waals surface area contributed by atoms with Gasteiger partial charge < -0.3 is 29.8 Å². The van der Waals surface area contributed by atoms with E-state index in [0.717, 1.165) is 29.0 Å². The van der Waals surface area contributed by atoms with Crippen molar-refractivity contribution in [3.8, 4) is 0 Å². The van der Waals surface area contributed by atoms with Crippen molar-refractivity contribution >= 4 is 69.9 Å². The number of fused-ring (bicyclic) bond motifs is 2. The molecule has 0 saturated carbocycles. The number of likely N-dealkylation sites (N-methyl/N-ethyl adjacent to an activating group) is 1. The summed E-state index contributed by atoms with van der Waals surface area (Å²) in [5.41, 5.74) is -4.06. The van der Waals surface area contributed by atoms with Gasteiger partial charge in [0.1, 0.15) is 12.1 Å². The first-order valence-corrected chi connectivity index (χ1v) is 18.4. The lowest BCUT2D eigenvalue weighted by Crippen LogP contribution is -2.61. The number of nitrogens with one attached hydrogen (secondary N) is 1. The summed E-state index contributed by atoms with van der Waals surface area (Å²) < 4.78 is 40.5. The molecule has 1 unspecified atom stereocenters. The molecule has 264 valence electrons. The van der Waals surface area contributed by atoms with E-state index in [2.05, 4.69) is 5.32 Å². The second-order valence-electron chi connectivity index (χ2n) is 13.5. The Kier molecular flexibility index (Phi) is 10.1. The first-order chi connectivity index (χ1) is 22.7. The molecular formula is C33H38ClF2N4O7PS. The predicted octanol–water partition coefficient (Wildman–Crippen LogP) is 5.45. The van der Waals surface area contributed by atoms with Gasteiger partial charge in [0.25, 0.3) is 5.91 Å². The Bertz CT molecular complexity index is 1880. The first kappa shape index (κ1) is 36.9. The molecule has 11 nitrogen and oxygen atoms in total. The van der Waals surface area contributed by atoms with Crippen LogP contribution in [0, 0.1) is 0 Å². The summed E-state index contributed by atoms with van der Waals surface area (Å²) in [5.74, 6) is -1.85. The standard InChI is InChI=1S/C33H38ClF2N4O7PS/c1-18(41)39-13-12-21-8-10-26(31(44)38(5)22-7-9-23(24(34)16-22)32(2,3)4)40(21)30(43)25(17-39)37-29(42)28-15-19-14-20(6-11-27(19)49-28)33(35,36)48(45,46)47/h6-7,9,11,14-16,21,25-26H,8,10,12-13,17H2,1-5H3,(H,37,42)(H2,45,46,47)/t21-,25?,26+/m1/s1. The highest BCUT2D eigenvalue weighted by atomic mass is 35.5. The summed E-state index contributed by atoms with van der Waals surface area (Å²) in [6.45, 7) is 7.62. The van der Waals surface area contributed by atoms with E-state index in [0.29, 0.717) is 41.2 Å². The first-order valence-electron chi connectivity index (χ1n) is 15.6. The average Bonchev–Trinajstić information content (AvgIpc) is 3.63. The number of anilines is 1. The lowest BCUT2D eigenvalue weighted by molar-refractivity contribution is -0.144. The summed E-state index contributed by atoms with van der Waals surface area (Å²) in [4.78, 5) is 77.0. The third-order valence-electron chi connectivity index (χ3n) is 9.16. The zero-order chi connectivity index (χ0) is 36.2. The zero-order valence-electron chi connectivity index (χ0n) is 27.6. The molecule has 2 saturated heterocycles. The molecule has 0 bridgehead atoms. The number of rotatable bonds is 6. The van der Waals surface area contributed by atoms with Gasteiger partial charge in [0.2, 0.25) is 17.7 Å². The SMILES string of the molecule is CC(=O)N1CC[C@H]2CC[C@@H](C(=O)N(C)c3ccc(C(C)(C)C)c(Cl)c3)N2C(=O)C(NC(=O)c2cc3cc(C(F)(F)P(=O)(O)O)ccc3s2)C1. The lowest BCUT2D eigenvalue weighted by Gasteiger charge is -2.39. The number of alkyl halides is 2. The minimum Gasteiger partial charge on any atom is -0.340 e. The second-order valence-corrected chi connectivity index (χ2v) is 16.7. The molecular weight excluding hydrogens is 701 g/mol. The van der Waals surface area contributed by atoms with Gasteiger partial charge in [-0.15, -0.1) is 11.3 Å². The van der Waals surface area contributed by atoms with Gasteiger partial charge in [-0.2, -0.15) is 8.78 Å². The van der Waals surface area contributed by atoms with Gasteiger partial charge >= 0.3 is 13.3 Å². The van der Waals surface area contributed by atoms with E-state index < -0.39 is 42.7 Å². The van der Waals surface area contributed by atoms with Crippen molar-refractivity contribution in [3.63, 3.8) is 0 Å². The van der Waals surface area contributed by atoms with E-state index >= 15 is 0 Å². The van der Waals surface area contributed by atoms with Crippen molar-refractivity contribution in [1.29, 1.82) is 0 Å². The number of carbonyl (C=O) groups is 4. The summed E-state index contributed by atoms with van der Waals surface area (Å²) in [7, 11) is -4.19. The van der Waals surface area contributed by atoms with Crippen LogP contribution in [0.15, 0.2) is 42.5 Å². The Morgan fingerprint density at radius 3 is 2.37 bits per heavy atom. The molecule has 3 N–H and O–H groups in total. The normalized spacial score (nSPS) is 20.5. The van der Waals surface area contributed by atoms with Crippen LogP contribution in [-0.4, -0.2) is 81.5 Å². The zero-order valence-corrected chi connectivity index (χ0v) is 30.0. The van der Waals surface area contributed by atoms with Crippen LogP contribution >= 0.6 is 30.5 Å². The molecule has 49 heavy (non-hydrogen) atoms. The van der Waals surface area contributed by atoms with Gasteiger partial charge in [-0.25, -0.2) is 0 Å². The molecule has 4 amide bonds. The minimum atomic E-state index is -5.81. The molecule has 3 aromatic rings. The molecule has 2 fully saturated rings. The van der Waals surface area contributed by atoms with E-state index in [9.17, 15) is 32.5 Å². The number of hydrogen-bond acceptors (Lipinski definition) is 6. The third-order valence-corrected chi connectivity index (χ3v) is 11.6. The van der Waals surface area contributed by atoms with E-state index in [-0.39, 0.29) is 40.1 Å². The molecule has 2 aliphatic heterocycles. The number of nitrogens with zero attached hydrogens (tertiary/aromatic N) is 3. The molecule has 3 heterocycles. The van der Waals surface area contributed by atoms with Crippen molar-refractivity contribution < 1.29 is 42.3 Å². The number of amides is 4. The van der Waals surface area contributed by atoms with Gasteiger partial charge in [0.05, 0.1) is 4.88 Å². The monoisotopic (exact) mass is 738 g/mol. The van der Waals surface area contributed by atoms with Crippen molar-refractivity contribution in [3.05, 3.63) is 63.5 Å². The minimum absolute atomic E-state index is 0.0526. The molecule has 0 aliphatic carbocycles. The number of carbonyl (C=O) groups excluding carboxylic acids is 4. The van der Waals surface area contributed by atoms with Crippen molar-refractivity contribution in [2.45, 2.75) is 76.2 Å². The van der Waals surface area contributed by atoms with Crippen LogP contribution in [-0.2, 0) is 30.0 Å². The summed E-state index contributed by atoms with van der Waals surface area (Å²) in [6, 6.07) is 7.31. The van der Waals surface area contributed by atoms with E-state index in [1.807, 2.05) is 26.8 Å². The molecule has 16 heteroatoms. The number of benzene rings is 2. The van der Waals surface area contributed by atoms with Crippen LogP contribution in [0.2, 0.25) is 5.02 Å². The van der Waals surface area contributed by atoms with Gasteiger partial charge in [-0.3, -0.25) is 23.7 Å². The number of halogens is 3. The van der Waals surface area contributed by atoms with Gasteiger partial charge in [-0.05, 0) is 66.0 Å². The highest BCUT2D eigenvalue weighted by molar-refractivity contribution is 7.52. The average molecular weight is 739 g/mol. The molecule has 2 aromatic carbocycles. The van der Waals surface area contributed by atoms with Crippen LogP contribution in [0.4, 0.5) is 14.5 Å². The van der Waals surface area contributed by atoms with Crippen LogP contribution in [0.3, 0.4) is 0 Å².